The van der Waals surface area contributed by atoms with E-state index < -0.39 is 0 Å². The number of benzene rings is 1. The third-order valence-corrected chi connectivity index (χ3v) is 4.35. The fourth-order valence-corrected chi connectivity index (χ4v) is 3.21. The van der Waals surface area contributed by atoms with E-state index in [2.05, 4.69) is 10.2 Å². The van der Waals surface area contributed by atoms with Gasteiger partial charge in [0.05, 0.1) is 0 Å². The number of nitrogens with one attached hydrogen (secondary N) is 1. The number of amides is 2. The molecule has 1 aromatic carbocycles. The van der Waals surface area contributed by atoms with Crippen molar-refractivity contribution in [1.29, 1.82) is 0 Å². The average Bonchev–Trinajstić information content (AvgIpc) is 3.13. The molecule has 112 valence electrons. The van der Waals surface area contributed by atoms with Crippen LogP contribution in [-0.2, 0) is 4.79 Å². The van der Waals surface area contributed by atoms with Crippen molar-refractivity contribution in [3.63, 3.8) is 0 Å². The average molecular weight is 286 g/mol. The Morgan fingerprint density at radius 1 is 1.00 bits per heavy atom. The van der Waals surface area contributed by atoms with Crippen LogP contribution in [0.2, 0.25) is 0 Å². The predicted molar refractivity (Wildman–Crippen MR) is 82.2 cm³/mol. The second-order valence-electron chi connectivity index (χ2n) is 6.14. The molecule has 2 saturated carbocycles. The molecular formula is C17H22N2O2. The summed E-state index contributed by atoms with van der Waals surface area (Å²) in [5, 5.41) is 2.73. The minimum atomic E-state index is -0.0976. The Kier molecular flexibility index (Phi) is 3.95. The lowest BCUT2D eigenvalue weighted by atomic mass is 10.1. The number of hydrogen-bond acceptors (Lipinski definition) is 2. The van der Waals surface area contributed by atoms with Crippen LogP contribution >= 0.6 is 0 Å². The fraction of sp³-hybridized carbons (Fsp3) is 0.529. The summed E-state index contributed by atoms with van der Waals surface area (Å²) in [4.78, 5) is 25.9. The zero-order valence-electron chi connectivity index (χ0n) is 12.5. The van der Waals surface area contributed by atoms with Gasteiger partial charge in [-0.2, -0.15) is 0 Å². The van der Waals surface area contributed by atoms with Crippen LogP contribution in [0.3, 0.4) is 0 Å². The lowest BCUT2D eigenvalue weighted by Crippen LogP contribution is -2.40. The second-order valence-corrected chi connectivity index (χ2v) is 6.14. The summed E-state index contributed by atoms with van der Waals surface area (Å²) < 4.78 is 0. The van der Waals surface area contributed by atoms with Crippen molar-refractivity contribution in [3.8, 4) is 0 Å². The number of anilines is 1. The summed E-state index contributed by atoms with van der Waals surface area (Å²) in [6, 6.07) is 8.12. The zero-order valence-corrected chi connectivity index (χ0v) is 12.5. The van der Waals surface area contributed by atoms with Crippen molar-refractivity contribution < 1.29 is 9.59 Å². The molecule has 2 aliphatic carbocycles. The highest BCUT2D eigenvalue weighted by atomic mass is 16.2. The van der Waals surface area contributed by atoms with Crippen molar-refractivity contribution in [1.82, 2.24) is 4.90 Å². The van der Waals surface area contributed by atoms with Gasteiger partial charge in [-0.15, -0.1) is 0 Å². The maximum absolute atomic E-state index is 12.8. The molecule has 4 heteroatoms. The molecule has 0 aromatic heterocycles. The van der Waals surface area contributed by atoms with Gasteiger partial charge in [-0.05, 0) is 49.9 Å². The molecule has 3 rings (SSSR count). The van der Waals surface area contributed by atoms with Crippen LogP contribution in [0, 0.1) is 0 Å². The molecule has 4 nitrogen and oxygen atoms in total. The molecule has 2 fully saturated rings. The SMILES string of the molecule is CC(=O)Nc1ccc(C(=O)N(C2CCCC2)C2CC2)cc1. The van der Waals surface area contributed by atoms with Gasteiger partial charge in [0, 0.05) is 30.3 Å². The zero-order chi connectivity index (χ0) is 14.8. The molecule has 0 spiro atoms. The van der Waals surface area contributed by atoms with E-state index in [1.54, 1.807) is 12.1 Å². The lowest BCUT2D eigenvalue weighted by molar-refractivity contribution is -0.114. The molecule has 1 N–H and O–H groups in total. The number of carbonyl (C=O) groups excluding carboxylic acids is 2. The van der Waals surface area contributed by atoms with Gasteiger partial charge in [0.1, 0.15) is 0 Å². The Morgan fingerprint density at radius 2 is 1.57 bits per heavy atom. The highest BCUT2D eigenvalue weighted by Gasteiger charge is 2.38. The van der Waals surface area contributed by atoms with E-state index in [9.17, 15) is 9.59 Å². The monoisotopic (exact) mass is 286 g/mol. The summed E-state index contributed by atoms with van der Waals surface area (Å²) in [5.74, 6) is 0.0541. The van der Waals surface area contributed by atoms with E-state index in [-0.39, 0.29) is 11.8 Å². The van der Waals surface area contributed by atoms with Crippen LogP contribution in [0.5, 0.6) is 0 Å². The largest absolute Gasteiger partial charge is 0.333 e. The first-order valence-corrected chi connectivity index (χ1v) is 7.85. The van der Waals surface area contributed by atoms with Gasteiger partial charge in [0.15, 0.2) is 0 Å². The van der Waals surface area contributed by atoms with E-state index in [1.807, 2.05) is 12.1 Å². The van der Waals surface area contributed by atoms with Crippen LogP contribution in [0.15, 0.2) is 24.3 Å². The van der Waals surface area contributed by atoms with Gasteiger partial charge in [0.25, 0.3) is 5.91 Å². The highest BCUT2D eigenvalue weighted by molar-refractivity contribution is 5.96. The smallest absolute Gasteiger partial charge is 0.254 e. The summed E-state index contributed by atoms with van der Waals surface area (Å²) >= 11 is 0. The lowest BCUT2D eigenvalue weighted by Gasteiger charge is -2.29. The van der Waals surface area contributed by atoms with Crippen molar-refractivity contribution in [3.05, 3.63) is 29.8 Å². The number of rotatable bonds is 4. The first-order valence-electron chi connectivity index (χ1n) is 7.85. The van der Waals surface area contributed by atoms with Gasteiger partial charge < -0.3 is 10.2 Å². The highest BCUT2D eigenvalue weighted by Crippen LogP contribution is 2.35. The van der Waals surface area contributed by atoms with Gasteiger partial charge in [-0.25, -0.2) is 0 Å². The van der Waals surface area contributed by atoms with Crippen molar-refractivity contribution in [2.45, 2.75) is 57.5 Å². The van der Waals surface area contributed by atoms with Crippen LogP contribution in [0.25, 0.3) is 0 Å². The van der Waals surface area contributed by atoms with Gasteiger partial charge >= 0.3 is 0 Å². The summed E-state index contributed by atoms with van der Waals surface area (Å²) in [6.45, 7) is 1.48. The Balaban J connectivity index is 1.74. The molecule has 0 unspecified atom stereocenters. The molecular weight excluding hydrogens is 264 g/mol. The van der Waals surface area contributed by atoms with E-state index in [4.69, 9.17) is 0 Å². The molecule has 0 aliphatic heterocycles. The molecule has 0 radical (unpaired) electrons. The minimum Gasteiger partial charge on any atom is -0.333 e. The summed E-state index contributed by atoms with van der Waals surface area (Å²) in [7, 11) is 0. The van der Waals surface area contributed by atoms with Crippen LogP contribution in [0.1, 0.15) is 55.8 Å². The molecule has 0 atom stereocenters. The molecule has 0 heterocycles. The molecule has 0 saturated heterocycles. The molecule has 21 heavy (non-hydrogen) atoms. The maximum atomic E-state index is 12.8. The Labute approximate surface area is 125 Å². The van der Waals surface area contributed by atoms with E-state index in [0.717, 1.165) is 36.9 Å². The first kappa shape index (κ1) is 14.1. The third-order valence-electron chi connectivity index (χ3n) is 4.35. The fourth-order valence-electron chi connectivity index (χ4n) is 3.21. The number of carbonyl (C=O) groups is 2. The van der Waals surface area contributed by atoms with Crippen molar-refractivity contribution in [2.24, 2.45) is 0 Å². The van der Waals surface area contributed by atoms with Crippen LogP contribution in [0.4, 0.5) is 5.69 Å². The topological polar surface area (TPSA) is 49.4 Å². The second kappa shape index (κ2) is 5.88. The molecule has 2 aliphatic rings. The van der Waals surface area contributed by atoms with Gasteiger partial charge in [0.2, 0.25) is 5.91 Å². The molecule has 1 aromatic rings. The van der Waals surface area contributed by atoms with Gasteiger partial charge in [-0.3, -0.25) is 9.59 Å². The Hall–Kier alpha value is -1.84. The minimum absolute atomic E-state index is 0.0976. The summed E-state index contributed by atoms with van der Waals surface area (Å²) in [6.07, 6.45) is 7.06. The van der Waals surface area contributed by atoms with Crippen molar-refractivity contribution >= 4 is 17.5 Å². The third kappa shape index (κ3) is 3.26. The van der Waals surface area contributed by atoms with Crippen LogP contribution < -0.4 is 5.32 Å². The van der Waals surface area contributed by atoms with Crippen molar-refractivity contribution in [2.75, 3.05) is 5.32 Å². The standard InChI is InChI=1S/C17H22N2O2/c1-12(20)18-14-8-6-13(7-9-14)17(21)19(16-10-11-16)15-4-2-3-5-15/h6-9,15-16H,2-5,10-11H2,1H3,(H,18,20). The predicted octanol–water partition coefficient (Wildman–Crippen LogP) is 3.19. The Morgan fingerprint density at radius 3 is 2.10 bits per heavy atom. The molecule has 2 amide bonds. The summed E-state index contributed by atoms with van der Waals surface area (Å²) in [5.41, 5.74) is 1.46. The Bertz CT molecular complexity index is 528. The maximum Gasteiger partial charge on any atom is 0.254 e. The normalized spacial score (nSPS) is 18.5. The number of nitrogens with zero attached hydrogens (tertiary/aromatic N) is 1. The quantitative estimate of drug-likeness (QED) is 0.924. The van der Waals surface area contributed by atoms with Gasteiger partial charge in [-0.1, -0.05) is 12.8 Å². The van der Waals surface area contributed by atoms with Crippen LogP contribution in [-0.4, -0.2) is 28.8 Å². The molecule has 0 bridgehead atoms. The van der Waals surface area contributed by atoms with E-state index in [0.29, 0.717) is 12.1 Å². The van der Waals surface area contributed by atoms with E-state index in [1.165, 1.54) is 19.8 Å². The first-order chi connectivity index (χ1) is 10.1. The number of hydrogen-bond donors (Lipinski definition) is 1. The van der Waals surface area contributed by atoms with E-state index >= 15 is 0 Å².